The molecule has 1 fully saturated rings. The van der Waals surface area contributed by atoms with Crippen LogP contribution >= 0.6 is 11.6 Å². The van der Waals surface area contributed by atoms with Crippen LogP contribution in [0.4, 0.5) is 0 Å². The molecule has 1 amide bonds. The average Bonchev–Trinajstić information content (AvgIpc) is 2.34. The predicted octanol–water partition coefficient (Wildman–Crippen LogP) is 1.32. The van der Waals surface area contributed by atoms with Crippen LogP contribution in [0.15, 0.2) is 18.2 Å². The number of piperazine rings is 1. The second-order valence-electron chi connectivity index (χ2n) is 4.53. The lowest BCUT2D eigenvalue weighted by Crippen LogP contribution is -2.53. The molecule has 1 aromatic carbocycles. The number of hydrogen-bond acceptors (Lipinski definition) is 3. The zero-order valence-electron chi connectivity index (χ0n) is 10.6. The number of nitrogens with one attached hydrogen (secondary N) is 1. The molecule has 0 spiro atoms. The SMILES string of the molecule is COc1ccc(CC2CN(C)C(=O)CN2)cc1Cl. The maximum Gasteiger partial charge on any atom is 0.236 e. The van der Waals surface area contributed by atoms with Gasteiger partial charge in [-0.25, -0.2) is 0 Å². The Balaban J connectivity index is 2.01. The van der Waals surface area contributed by atoms with Gasteiger partial charge in [-0.3, -0.25) is 4.79 Å². The molecule has 0 bridgehead atoms. The van der Waals surface area contributed by atoms with Gasteiger partial charge in [-0.05, 0) is 24.1 Å². The van der Waals surface area contributed by atoms with E-state index in [-0.39, 0.29) is 11.9 Å². The molecular weight excluding hydrogens is 252 g/mol. The molecule has 1 aromatic rings. The maximum absolute atomic E-state index is 11.4. The topological polar surface area (TPSA) is 41.6 Å². The molecule has 1 N–H and O–H groups in total. The molecule has 5 heteroatoms. The quantitative estimate of drug-likeness (QED) is 0.899. The lowest BCUT2D eigenvalue weighted by Gasteiger charge is -2.30. The number of carbonyl (C=O) groups is 1. The predicted molar refractivity (Wildman–Crippen MR) is 71.1 cm³/mol. The monoisotopic (exact) mass is 268 g/mol. The van der Waals surface area contributed by atoms with Gasteiger partial charge >= 0.3 is 0 Å². The highest BCUT2D eigenvalue weighted by Crippen LogP contribution is 2.25. The van der Waals surface area contributed by atoms with Crippen molar-refractivity contribution in [2.24, 2.45) is 0 Å². The van der Waals surface area contributed by atoms with Gasteiger partial charge in [0.25, 0.3) is 0 Å². The minimum atomic E-state index is 0.138. The molecule has 0 aromatic heterocycles. The lowest BCUT2D eigenvalue weighted by atomic mass is 10.0. The normalized spacial score (nSPS) is 20.1. The molecule has 98 valence electrons. The van der Waals surface area contributed by atoms with E-state index in [0.717, 1.165) is 18.5 Å². The van der Waals surface area contributed by atoms with Crippen LogP contribution in [-0.4, -0.2) is 44.1 Å². The number of carbonyl (C=O) groups excluding carboxylic acids is 1. The number of halogens is 1. The minimum absolute atomic E-state index is 0.138. The Labute approximate surface area is 112 Å². The van der Waals surface area contributed by atoms with Gasteiger partial charge in [0.1, 0.15) is 5.75 Å². The van der Waals surface area contributed by atoms with Crippen molar-refractivity contribution in [1.29, 1.82) is 0 Å². The van der Waals surface area contributed by atoms with Gasteiger partial charge in [0, 0.05) is 19.6 Å². The van der Waals surface area contributed by atoms with E-state index in [1.54, 1.807) is 12.0 Å². The Kier molecular flexibility index (Phi) is 4.09. The molecule has 1 saturated heterocycles. The van der Waals surface area contributed by atoms with Crippen LogP contribution in [0.3, 0.4) is 0 Å². The van der Waals surface area contributed by atoms with Gasteiger partial charge in [-0.15, -0.1) is 0 Å². The Hall–Kier alpha value is -1.26. The lowest BCUT2D eigenvalue weighted by molar-refractivity contribution is -0.131. The summed E-state index contributed by atoms with van der Waals surface area (Å²) in [4.78, 5) is 13.1. The molecule has 2 rings (SSSR count). The van der Waals surface area contributed by atoms with Gasteiger partial charge in [0.15, 0.2) is 0 Å². The van der Waals surface area contributed by atoms with Gasteiger partial charge in [-0.2, -0.15) is 0 Å². The molecule has 18 heavy (non-hydrogen) atoms. The van der Waals surface area contributed by atoms with Crippen LogP contribution in [0.5, 0.6) is 5.75 Å². The Bertz CT molecular complexity index is 451. The van der Waals surface area contributed by atoms with Crippen molar-refractivity contribution >= 4 is 17.5 Å². The number of hydrogen-bond donors (Lipinski definition) is 1. The zero-order valence-corrected chi connectivity index (χ0v) is 11.3. The minimum Gasteiger partial charge on any atom is -0.495 e. The second kappa shape index (κ2) is 5.59. The molecule has 0 saturated carbocycles. The van der Waals surface area contributed by atoms with E-state index in [4.69, 9.17) is 16.3 Å². The third-order valence-electron chi connectivity index (χ3n) is 3.16. The highest BCUT2D eigenvalue weighted by atomic mass is 35.5. The third-order valence-corrected chi connectivity index (χ3v) is 3.46. The fraction of sp³-hybridized carbons (Fsp3) is 0.462. The number of methoxy groups -OCH3 is 1. The summed E-state index contributed by atoms with van der Waals surface area (Å²) in [6.07, 6.45) is 0.849. The molecule has 1 atom stereocenters. The van der Waals surface area contributed by atoms with Gasteiger partial charge in [0.05, 0.1) is 18.7 Å². The first-order chi connectivity index (χ1) is 8.60. The van der Waals surface area contributed by atoms with Crippen molar-refractivity contribution in [3.8, 4) is 5.75 Å². The number of likely N-dealkylation sites (N-methyl/N-ethyl adjacent to an activating group) is 1. The first kappa shape index (κ1) is 13.2. The van der Waals surface area contributed by atoms with Gasteiger partial charge in [0.2, 0.25) is 5.91 Å². The van der Waals surface area contributed by atoms with Crippen molar-refractivity contribution in [3.05, 3.63) is 28.8 Å². The standard InChI is InChI=1S/C13H17ClN2O2/c1-16-8-10(15-7-13(16)17)5-9-3-4-12(18-2)11(14)6-9/h3-4,6,10,15H,5,7-8H2,1-2H3. The van der Waals surface area contributed by atoms with Crippen LogP contribution in [0.1, 0.15) is 5.56 Å². The summed E-state index contributed by atoms with van der Waals surface area (Å²) in [5, 5.41) is 3.85. The van der Waals surface area contributed by atoms with E-state index in [2.05, 4.69) is 5.32 Å². The van der Waals surface area contributed by atoms with E-state index in [0.29, 0.717) is 17.3 Å². The molecule has 0 aliphatic carbocycles. The van der Waals surface area contributed by atoms with E-state index < -0.39 is 0 Å². The Morgan fingerprint density at radius 1 is 1.56 bits per heavy atom. The summed E-state index contributed by atoms with van der Waals surface area (Å²) in [5.41, 5.74) is 1.14. The molecule has 1 aliphatic rings. The number of nitrogens with zero attached hydrogens (tertiary/aromatic N) is 1. The smallest absolute Gasteiger partial charge is 0.236 e. The van der Waals surface area contributed by atoms with E-state index >= 15 is 0 Å². The fourth-order valence-corrected chi connectivity index (χ4v) is 2.40. The maximum atomic E-state index is 11.4. The number of amides is 1. The largest absolute Gasteiger partial charge is 0.495 e. The molecule has 1 aliphatic heterocycles. The highest BCUT2D eigenvalue weighted by molar-refractivity contribution is 6.32. The van der Waals surface area contributed by atoms with E-state index in [1.165, 1.54) is 0 Å². The summed E-state index contributed by atoms with van der Waals surface area (Å²) in [6, 6.07) is 6.06. The van der Waals surface area contributed by atoms with Crippen LogP contribution in [0.25, 0.3) is 0 Å². The van der Waals surface area contributed by atoms with Gasteiger partial charge in [-0.1, -0.05) is 17.7 Å². The summed E-state index contributed by atoms with van der Waals surface area (Å²) in [5.74, 6) is 0.823. The number of ether oxygens (including phenoxy) is 1. The van der Waals surface area contributed by atoms with Gasteiger partial charge < -0.3 is 15.0 Å². The summed E-state index contributed by atoms with van der Waals surface area (Å²) in [6.45, 7) is 1.13. The fourth-order valence-electron chi connectivity index (χ4n) is 2.12. The third kappa shape index (κ3) is 2.94. The molecular formula is C13H17ClN2O2. The highest BCUT2D eigenvalue weighted by Gasteiger charge is 2.22. The molecule has 1 unspecified atom stereocenters. The van der Waals surface area contributed by atoms with E-state index in [9.17, 15) is 4.79 Å². The van der Waals surface area contributed by atoms with Crippen LogP contribution in [0.2, 0.25) is 5.02 Å². The van der Waals surface area contributed by atoms with Crippen molar-refractivity contribution in [2.75, 3.05) is 27.2 Å². The first-order valence-electron chi connectivity index (χ1n) is 5.90. The van der Waals surface area contributed by atoms with Crippen molar-refractivity contribution in [1.82, 2.24) is 10.2 Å². The number of rotatable bonds is 3. The van der Waals surface area contributed by atoms with Crippen molar-refractivity contribution in [2.45, 2.75) is 12.5 Å². The van der Waals surface area contributed by atoms with Crippen molar-refractivity contribution < 1.29 is 9.53 Å². The number of benzene rings is 1. The van der Waals surface area contributed by atoms with Crippen LogP contribution < -0.4 is 10.1 Å². The Morgan fingerprint density at radius 3 is 2.94 bits per heavy atom. The molecule has 1 heterocycles. The van der Waals surface area contributed by atoms with Crippen LogP contribution in [0, 0.1) is 0 Å². The van der Waals surface area contributed by atoms with E-state index in [1.807, 2.05) is 25.2 Å². The van der Waals surface area contributed by atoms with Crippen LogP contribution in [-0.2, 0) is 11.2 Å². The Morgan fingerprint density at radius 2 is 2.33 bits per heavy atom. The first-order valence-corrected chi connectivity index (χ1v) is 6.27. The van der Waals surface area contributed by atoms with Crippen molar-refractivity contribution in [3.63, 3.8) is 0 Å². The average molecular weight is 269 g/mol. The second-order valence-corrected chi connectivity index (χ2v) is 4.93. The molecule has 4 nitrogen and oxygen atoms in total. The molecule has 0 radical (unpaired) electrons. The summed E-state index contributed by atoms with van der Waals surface area (Å²) in [7, 11) is 3.43. The summed E-state index contributed by atoms with van der Waals surface area (Å²) >= 11 is 6.09. The zero-order chi connectivity index (χ0) is 13.1. The summed E-state index contributed by atoms with van der Waals surface area (Å²) < 4.78 is 5.12.